The first-order chi connectivity index (χ1) is 9.08. The summed E-state index contributed by atoms with van der Waals surface area (Å²) in [5.74, 6) is 0.104. The molecular weight excluding hydrogens is 310 g/mol. The van der Waals surface area contributed by atoms with Crippen LogP contribution >= 0.6 is 15.9 Å². The SMILES string of the molecule is COCCn1ncc(Br)c1C(=O)C1(C)CCCCN1. The third-order valence-corrected chi connectivity index (χ3v) is 4.22. The first-order valence-electron chi connectivity index (χ1n) is 6.58. The van der Waals surface area contributed by atoms with E-state index in [9.17, 15) is 4.79 Å². The van der Waals surface area contributed by atoms with E-state index in [0.717, 1.165) is 30.3 Å². The monoisotopic (exact) mass is 329 g/mol. The number of methoxy groups -OCH3 is 1. The molecule has 106 valence electrons. The van der Waals surface area contributed by atoms with Gasteiger partial charge in [-0.2, -0.15) is 5.10 Å². The van der Waals surface area contributed by atoms with Crippen LogP contribution in [0.4, 0.5) is 0 Å². The van der Waals surface area contributed by atoms with Crippen molar-refractivity contribution in [1.82, 2.24) is 15.1 Å². The molecule has 1 aliphatic rings. The number of aromatic nitrogens is 2. The molecule has 2 heterocycles. The Kier molecular flexibility index (Phi) is 4.76. The molecular formula is C13H20BrN3O2. The highest BCUT2D eigenvalue weighted by molar-refractivity contribution is 9.10. The molecule has 1 saturated heterocycles. The van der Waals surface area contributed by atoms with Crippen LogP contribution in [-0.2, 0) is 11.3 Å². The van der Waals surface area contributed by atoms with Gasteiger partial charge in [0.05, 0.1) is 29.4 Å². The maximum absolute atomic E-state index is 12.8. The Labute approximate surface area is 121 Å². The van der Waals surface area contributed by atoms with Crippen LogP contribution in [0.2, 0.25) is 0 Å². The minimum atomic E-state index is -0.481. The van der Waals surface area contributed by atoms with Crippen molar-refractivity contribution in [2.24, 2.45) is 0 Å². The number of carbonyl (C=O) groups excluding carboxylic acids is 1. The lowest BCUT2D eigenvalue weighted by Crippen LogP contribution is -2.52. The van der Waals surface area contributed by atoms with Gasteiger partial charge < -0.3 is 10.1 Å². The third kappa shape index (κ3) is 3.07. The van der Waals surface area contributed by atoms with Gasteiger partial charge in [-0.05, 0) is 48.7 Å². The normalized spacial score (nSPS) is 23.5. The number of nitrogens with one attached hydrogen (secondary N) is 1. The van der Waals surface area contributed by atoms with E-state index < -0.39 is 5.54 Å². The van der Waals surface area contributed by atoms with E-state index in [0.29, 0.717) is 18.8 Å². The van der Waals surface area contributed by atoms with Gasteiger partial charge in [0.2, 0.25) is 5.78 Å². The van der Waals surface area contributed by atoms with Gasteiger partial charge in [-0.1, -0.05) is 0 Å². The summed E-state index contributed by atoms with van der Waals surface area (Å²) in [4.78, 5) is 12.8. The van der Waals surface area contributed by atoms with E-state index in [1.54, 1.807) is 18.0 Å². The second-order valence-electron chi connectivity index (χ2n) is 5.10. The first kappa shape index (κ1) is 14.7. The predicted octanol–water partition coefficient (Wildman–Crippen LogP) is 2.01. The van der Waals surface area contributed by atoms with Gasteiger partial charge >= 0.3 is 0 Å². The average Bonchev–Trinajstić information content (AvgIpc) is 2.77. The first-order valence-corrected chi connectivity index (χ1v) is 7.38. The summed E-state index contributed by atoms with van der Waals surface area (Å²) in [6, 6.07) is 0. The zero-order valence-corrected chi connectivity index (χ0v) is 13.0. The quantitative estimate of drug-likeness (QED) is 0.839. The number of Topliss-reactive ketones (excluding diaryl/α,β-unsaturated/α-hetero) is 1. The minimum Gasteiger partial charge on any atom is -0.383 e. The molecule has 0 aliphatic carbocycles. The fourth-order valence-electron chi connectivity index (χ4n) is 2.45. The van der Waals surface area contributed by atoms with Crippen LogP contribution in [0.15, 0.2) is 10.7 Å². The number of rotatable bonds is 5. The third-order valence-electron chi connectivity index (χ3n) is 3.64. The molecule has 0 spiro atoms. The van der Waals surface area contributed by atoms with Crippen LogP contribution in [0.5, 0.6) is 0 Å². The van der Waals surface area contributed by atoms with Crippen molar-refractivity contribution >= 4 is 21.7 Å². The van der Waals surface area contributed by atoms with Crippen LogP contribution in [-0.4, -0.2) is 41.4 Å². The number of ether oxygens (including phenoxy) is 1. The van der Waals surface area contributed by atoms with Crippen molar-refractivity contribution in [3.63, 3.8) is 0 Å². The fourth-order valence-corrected chi connectivity index (χ4v) is 2.92. The molecule has 0 saturated carbocycles. The van der Waals surface area contributed by atoms with Gasteiger partial charge in [0, 0.05) is 7.11 Å². The summed E-state index contributed by atoms with van der Waals surface area (Å²) in [5.41, 5.74) is 0.153. The van der Waals surface area contributed by atoms with Crippen molar-refractivity contribution < 1.29 is 9.53 Å². The Bertz CT molecular complexity index is 453. The molecule has 6 heteroatoms. The molecule has 0 aromatic carbocycles. The molecule has 1 aliphatic heterocycles. The summed E-state index contributed by atoms with van der Waals surface area (Å²) in [7, 11) is 1.64. The molecule has 0 radical (unpaired) electrons. The molecule has 19 heavy (non-hydrogen) atoms. The van der Waals surface area contributed by atoms with E-state index >= 15 is 0 Å². The maximum atomic E-state index is 12.8. The number of carbonyl (C=O) groups is 1. The summed E-state index contributed by atoms with van der Waals surface area (Å²) < 4.78 is 7.53. The summed E-state index contributed by atoms with van der Waals surface area (Å²) in [5, 5.41) is 7.59. The Balaban J connectivity index is 2.24. The van der Waals surface area contributed by atoms with E-state index in [1.165, 1.54) is 0 Å². The van der Waals surface area contributed by atoms with Crippen LogP contribution < -0.4 is 5.32 Å². The number of ketones is 1. The topological polar surface area (TPSA) is 56.2 Å². The number of hydrogen-bond acceptors (Lipinski definition) is 4. The van der Waals surface area contributed by atoms with E-state index in [4.69, 9.17) is 4.74 Å². The average molecular weight is 330 g/mol. The summed E-state index contributed by atoms with van der Waals surface area (Å²) in [6.45, 7) is 4.00. The molecule has 0 bridgehead atoms. The van der Waals surface area contributed by atoms with Gasteiger partial charge in [0.1, 0.15) is 5.69 Å². The van der Waals surface area contributed by atoms with Gasteiger partial charge in [0.25, 0.3) is 0 Å². The Morgan fingerprint density at radius 2 is 2.42 bits per heavy atom. The highest BCUT2D eigenvalue weighted by atomic mass is 79.9. The zero-order valence-electron chi connectivity index (χ0n) is 11.4. The van der Waals surface area contributed by atoms with Crippen LogP contribution in [0, 0.1) is 0 Å². The number of piperidine rings is 1. The molecule has 1 unspecified atom stereocenters. The van der Waals surface area contributed by atoms with E-state index in [-0.39, 0.29) is 5.78 Å². The largest absolute Gasteiger partial charge is 0.383 e. The molecule has 1 aromatic heterocycles. The summed E-state index contributed by atoms with van der Waals surface area (Å²) in [6.07, 6.45) is 4.76. The van der Waals surface area contributed by atoms with Crippen molar-refractivity contribution in [3.05, 3.63) is 16.4 Å². The lowest BCUT2D eigenvalue weighted by atomic mass is 9.85. The fraction of sp³-hybridized carbons (Fsp3) is 0.692. The summed E-state index contributed by atoms with van der Waals surface area (Å²) >= 11 is 3.43. The highest BCUT2D eigenvalue weighted by Crippen LogP contribution is 2.27. The second-order valence-corrected chi connectivity index (χ2v) is 5.96. The van der Waals surface area contributed by atoms with Gasteiger partial charge in [-0.15, -0.1) is 0 Å². The van der Waals surface area contributed by atoms with E-state index in [2.05, 4.69) is 26.3 Å². The van der Waals surface area contributed by atoms with Crippen molar-refractivity contribution in [2.75, 3.05) is 20.3 Å². The standard InChI is InChI=1S/C13H20BrN3O2/c1-13(5-3-4-6-15-13)12(18)11-10(14)9-16-17(11)7-8-19-2/h9,15H,3-8H2,1-2H3. The second kappa shape index (κ2) is 6.15. The van der Waals surface area contributed by atoms with Crippen LogP contribution in [0.25, 0.3) is 0 Å². The zero-order chi connectivity index (χ0) is 13.9. The molecule has 1 fully saturated rings. The van der Waals surface area contributed by atoms with Crippen LogP contribution in [0.1, 0.15) is 36.7 Å². The lowest BCUT2D eigenvalue weighted by molar-refractivity contribution is 0.0819. The van der Waals surface area contributed by atoms with Gasteiger partial charge in [0.15, 0.2) is 0 Å². The smallest absolute Gasteiger partial charge is 0.201 e. The Morgan fingerprint density at radius 3 is 3.05 bits per heavy atom. The lowest BCUT2D eigenvalue weighted by Gasteiger charge is -2.33. The van der Waals surface area contributed by atoms with Gasteiger partial charge in [-0.25, -0.2) is 0 Å². The predicted molar refractivity (Wildman–Crippen MR) is 76.4 cm³/mol. The molecule has 2 rings (SSSR count). The maximum Gasteiger partial charge on any atom is 0.201 e. The molecule has 0 amide bonds. The highest BCUT2D eigenvalue weighted by Gasteiger charge is 2.37. The van der Waals surface area contributed by atoms with Crippen molar-refractivity contribution in [3.8, 4) is 0 Å². The molecule has 1 atom stereocenters. The Morgan fingerprint density at radius 1 is 1.63 bits per heavy atom. The Hall–Kier alpha value is -0.720. The van der Waals surface area contributed by atoms with E-state index in [1.807, 2.05) is 6.92 Å². The molecule has 1 aromatic rings. The number of hydrogen-bond donors (Lipinski definition) is 1. The van der Waals surface area contributed by atoms with Crippen molar-refractivity contribution in [1.29, 1.82) is 0 Å². The van der Waals surface area contributed by atoms with Crippen molar-refractivity contribution in [2.45, 2.75) is 38.3 Å². The number of halogens is 1. The number of nitrogens with zero attached hydrogens (tertiary/aromatic N) is 2. The van der Waals surface area contributed by atoms with Gasteiger partial charge in [-0.3, -0.25) is 9.48 Å². The molecule has 1 N–H and O–H groups in total. The minimum absolute atomic E-state index is 0.104. The van der Waals surface area contributed by atoms with Crippen LogP contribution in [0.3, 0.4) is 0 Å². The molecule has 5 nitrogen and oxygen atoms in total.